The number of carbonyl (C=O) groups excluding carboxylic acids is 2. The first kappa shape index (κ1) is 26.1. The van der Waals surface area contributed by atoms with E-state index in [2.05, 4.69) is 17.3 Å². The van der Waals surface area contributed by atoms with Gasteiger partial charge in [0.05, 0.1) is 0 Å². The average molecular weight is 498 g/mol. The van der Waals surface area contributed by atoms with Crippen molar-refractivity contribution in [2.75, 3.05) is 46.5 Å². The molecule has 2 aromatic carbocycles. The first-order chi connectivity index (χ1) is 17.5. The summed E-state index contributed by atoms with van der Waals surface area (Å²) >= 11 is 0. The van der Waals surface area contributed by atoms with E-state index in [1.807, 2.05) is 24.3 Å². The van der Waals surface area contributed by atoms with Gasteiger partial charge in [0.2, 0.25) is 5.91 Å². The zero-order valence-corrected chi connectivity index (χ0v) is 21.0. The number of likely N-dealkylation sites (tertiary alicyclic amines) is 1. The molecular formula is C28H36FN3O4. The summed E-state index contributed by atoms with van der Waals surface area (Å²) in [6, 6.07) is 14.0. The van der Waals surface area contributed by atoms with Gasteiger partial charge in [-0.25, -0.2) is 4.39 Å². The Kier molecular flexibility index (Phi) is 9.30. The molecule has 0 aromatic heterocycles. The molecule has 36 heavy (non-hydrogen) atoms. The van der Waals surface area contributed by atoms with Gasteiger partial charge in [-0.1, -0.05) is 12.1 Å². The van der Waals surface area contributed by atoms with Crippen LogP contribution in [0.4, 0.5) is 4.39 Å². The summed E-state index contributed by atoms with van der Waals surface area (Å²) in [6.07, 6.45) is 3.36. The van der Waals surface area contributed by atoms with E-state index < -0.39 is 0 Å². The SMILES string of the molecule is CN(CCOc1cccc(CNC(=O)C2CCN(C(=O)c3ccc(F)cc3)CC2)c1)C1CCOCC1. The van der Waals surface area contributed by atoms with E-state index in [1.165, 1.54) is 24.3 Å². The van der Waals surface area contributed by atoms with Crippen LogP contribution in [0.15, 0.2) is 48.5 Å². The summed E-state index contributed by atoms with van der Waals surface area (Å²) in [5, 5.41) is 3.04. The zero-order chi connectivity index (χ0) is 25.3. The van der Waals surface area contributed by atoms with Crippen LogP contribution in [0.1, 0.15) is 41.6 Å². The number of hydrogen-bond acceptors (Lipinski definition) is 5. The van der Waals surface area contributed by atoms with Crippen molar-refractivity contribution in [3.8, 4) is 5.75 Å². The number of hydrogen-bond donors (Lipinski definition) is 1. The minimum Gasteiger partial charge on any atom is -0.492 e. The van der Waals surface area contributed by atoms with Crippen molar-refractivity contribution >= 4 is 11.8 Å². The Morgan fingerprint density at radius 1 is 1.08 bits per heavy atom. The van der Waals surface area contributed by atoms with Gasteiger partial charge < -0.3 is 19.7 Å². The summed E-state index contributed by atoms with van der Waals surface area (Å²) in [5.74, 6) is 0.201. The number of benzene rings is 2. The molecule has 1 N–H and O–H groups in total. The van der Waals surface area contributed by atoms with Crippen LogP contribution < -0.4 is 10.1 Å². The van der Waals surface area contributed by atoms with Crippen molar-refractivity contribution in [2.45, 2.75) is 38.3 Å². The molecule has 2 amide bonds. The topological polar surface area (TPSA) is 71.1 Å². The number of likely N-dealkylation sites (N-methyl/N-ethyl adjacent to an activating group) is 1. The van der Waals surface area contributed by atoms with Crippen LogP contribution in [-0.2, 0) is 16.1 Å². The molecule has 8 heteroatoms. The van der Waals surface area contributed by atoms with Crippen molar-refractivity contribution in [1.29, 1.82) is 0 Å². The van der Waals surface area contributed by atoms with Crippen LogP contribution in [-0.4, -0.2) is 74.2 Å². The predicted octanol–water partition coefficient (Wildman–Crippen LogP) is 3.48. The number of amides is 2. The van der Waals surface area contributed by atoms with E-state index in [1.54, 1.807) is 4.90 Å². The van der Waals surface area contributed by atoms with Gasteiger partial charge in [0, 0.05) is 56.9 Å². The van der Waals surface area contributed by atoms with Crippen molar-refractivity contribution in [2.24, 2.45) is 5.92 Å². The van der Waals surface area contributed by atoms with Crippen LogP contribution in [0.3, 0.4) is 0 Å². The molecule has 0 aliphatic carbocycles. The molecule has 0 radical (unpaired) electrons. The maximum atomic E-state index is 13.1. The van der Waals surface area contributed by atoms with E-state index in [4.69, 9.17) is 9.47 Å². The van der Waals surface area contributed by atoms with Gasteiger partial charge in [0.1, 0.15) is 18.2 Å². The Morgan fingerprint density at radius 2 is 1.81 bits per heavy atom. The Labute approximate surface area is 212 Å². The van der Waals surface area contributed by atoms with E-state index >= 15 is 0 Å². The number of halogens is 1. The molecule has 0 unspecified atom stereocenters. The minimum atomic E-state index is -0.364. The number of piperidine rings is 1. The minimum absolute atomic E-state index is 0.00767. The highest BCUT2D eigenvalue weighted by Gasteiger charge is 2.27. The smallest absolute Gasteiger partial charge is 0.253 e. The van der Waals surface area contributed by atoms with Crippen LogP contribution in [0.25, 0.3) is 0 Å². The lowest BCUT2D eigenvalue weighted by Gasteiger charge is -2.31. The monoisotopic (exact) mass is 497 g/mol. The van der Waals surface area contributed by atoms with Gasteiger partial charge >= 0.3 is 0 Å². The second kappa shape index (κ2) is 12.8. The van der Waals surface area contributed by atoms with E-state index in [0.717, 1.165) is 43.9 Å². The number of rotatable bonds is 9. The molecule has 194 valence electrons. The van der Waals surface area contributed by atoms with Gasteiger partial charge in [0.25, 0.3) is 5.91 Å². The van der Waals surface area contributed by atoms with E-state index in [-0.39, 0.29) is 23.5 Å². The molecule has 2 aliphatic rings. The second-order valence-electron chi connectivity index (χ2n) is 9.61. The van der Waals surface area contributed by atoms with E-state index in [9.17, 15) is 14.0 Å². The lowest BCUT2D eigenvalue weighted by Crippen LogP contribution is -2.42. The largest absolute Gasteiger partial charge is 0.492 e. The van der Waals surface area contributed by atoms with Crippen LogP contribution in [0, 0.1) is 11.7 Å². The Hall–Kier alpha value is -2.97. The molecule has 2 aromatic rings. The molecule has 2 aliphatic heterocycles. The summed E-state index contributed by atoms with van der Waals surface area (Å²) in [6.45, 7) is 4.59. The molecule has 0 saturated carbocycles. The molecular weight excluding hydrogens is 461 g/mol. The first-order valence-corrected chi connectivity index (χ1v) is 12.8. The zero-order valence-electron chi connectivity index (χ0n) is 21.0. The third-order valence-corrected chi connectivity index (χ3v) is 7.14. The molecule has 2 heterocycles. The summed E-state index contributed by atoms with van der Waals surface area (Å²) in [4.78, 5) is 29.4. The lowest BCUT2D eigenvalue weighted by molar-refractivity contribution is -0.126. The molecule has 2 fully saturated rings. The van der Waals surface area contributed by atoms with Gasteiger partial charge in [-0.2, -0.15) is 0 Å². The highest BCUT2D eigenvalue weighted by Crippen LogP contribution is 2.20. The van der Waals surface area contributed by atoms with Gasteiger partial charge in [0.15, 0.2) is 0 Å². The molecule has 2 saturated heterocycles. The quantitative estimate of drug-likeness (QED) is 0.575. The Morgan fingerprint density at radius 3 is 2.53 bits per heavy atom. The highest BCUT2D eigenvalue weighted by molar-refractivity contribution is 5.94. The first-order valence-electron chi connectivity index (χ1n) is 12.8. The third-order valence-electron chi connectivity index (χ3n) is 7.14. The molecule has 0 atom stereocenters. The summed E-state index contributed by atoms with van der Waals surface area (Å²) < 4.78 is 24.5. The fourth-order valence-electron chi connectivity index (χ4n) is 4.81. The highest BCUT2D eigenvalue weighted by atomic mass is 19.1. The maximum Gasteiger partial charge on any atom is 0.253 e. The number of ether oxygens (including phenoxy) is 2. The van der Waals surface area contributed by atoms with Gasteiger partial charge in [-0.3, -0.25) is 14.5 Å². The van der Waals surface area contributed by atoms with Crippen LogP contribution >= 0.6 is 0 Å². The third kappa shape index (κ3) is 7.27. The van der Waals surface area contributed by atoms with Crippen molar-refractivity contribution in [1.82, 2.24) is 15.1 Å². The lowest BCUT2D eigenvalue weighted by atomic mass is 9.95. The maximum absolute atomic E-state index is 13.1. The molecule has 4 rings (SSSR count). The molecule has 7 nitrogen and oxygen atoms in total. The Bertz CT molecular complexity index is 1000. The molecule has 0 bridgehead atoms. The Balaban J connectivity index is 1.17. The van der Waals surface area contributed by atoms with Crippen LogP contribution in [0.5, 0.6) is 5.75 Å². The number of carbonyl (C=O) groups is 2. The molecule has 0 spiro atoms. The normalized spacial score (nSPS) is 17.2. The van der Waals surface area contributed by atoms with Gasteiger partial charge in [-0.05, 0) is 74.7 Å². The number of nitrogens with zero attached hydrogens (tertiary/aromatic N) is 2. The standard InChI is InChI=1S/C28H36FN3O4/c1-31(25-11-16-35-17-12-25)15-18-36-26-4-2-3-21(19-26)20-30-27(33)22-9-13-32(14-10-22)28(34)23-5-7-24(29)8-6-23/h2-8,19,22,25H,9-18,20H2,1H3,(H,30,33). The van der Waals surface area contributed by atoms with Crippen molar-refractivity contribution < 1.29 is 23.5 Å². The second-order valence-corrected chi connectivity index (χ2v) is 9.61. The predicted molar refractivity (Wildman–Crippen MR) is 135 cm³/mol. The average Bonchev–Trinajstić information content (AvgIpc) is 2.92. The van der Waals surface area contributed by atoms with Crippen LogP contribution in [0.2, 0.25) is 0 Å². The van der Waals surface area contributed by atoms with Crippen molar-refractivity contribution in [3.05, 3.63) is 65.5 Å². The van der Waals surface area contributed by atoms with Crippen molar-refractivity contribution in [3.63, 3.8) is 0 Å². The fourth-order valence-corrected chi connectivity index (χ4v) is 4.81. The summed E-state index contributed by atoms with van der Waals surface area (Å²) in [7, 11) is 2.13. The fraction of sp³-hybridized carbons (Fsp3) is 0.500. The summed E-state index contributed by atoms with van der Waals surface area (Å²) in [5.41, 5.74) is 1.46. The van der Waals surface area contributed by atoms with E-state index in [0.29, 0.717) is 50.7 Å². The number of nitrogens with one attached hydrogen (secondary N) is 1. The van der Waals surface area contributed by atoms with Gasteiger partial charge in [-0.15, -0.1) is 0 Å².